The second-order valence-electron chi connectivity index (χ2n) is 7.38. The summed E-state index contributed by atoms with van der Waals surface area (Å²) < 4.78 is 10.9. The molecule has 2 heterocycles. The number of likely N-dealkylation sites (N-methyl/N-ethyl adjacent to an activating group) is 1. The van der Waals surface area contributed by atoms with Gasteiger partial charge in [0.15, 0.2) is 11.9 Å². The lowest BCUT2D eigenvalue weighted by Crippen LogP contribution is -2.24. The number of benzene rings is 2. The zero-order valence-corrected chi connectivity index (χ0v) is 15.5. The Labute approximate surface area is 154 Å². The minimum Gasteiger partial charge on any atom is -0.497 e. The van der Waals surface area contributed by atoms with E-state index in [0.717, 1.165) is 22.7 Å². The van der Waals surface area contributed by atoms with Crippen LogP contribution in [0.15, 0.2) is 60.3 Å². The van der Waals surface area contributed by atoms with E-state index < -0.39 is 6.10 Å². The molecule has 2 atom stereocenters. The second kappa shape index (κ2) is 5.99. The monoisotopic (exact) mass is 349 g/mol. The van der Waals surface area contributed by atoms with Gasteiger partial charge in [0.1, 0.15) is 11.9 Å². The summed E-state index contributed by atoms with van der Waals surface area (Å²) in [4.78, 5) is 14.9. The second-order valence-corrected chi connectivity index (χ2v) is 7.38. The van der Waals surface area contributed by atoms with Crippen molar-refractivity contribution in [2.75, 3.05) is 19.1 Å². The van der Waals surface area contributed by atoms with E-state index in [4.69, 9.17) is 9.47 Å². The fourth-order valence-electron chi connectivity index (χ4n) is 3.85. The number of fused-ring (bicyclic) bond motifs is 1. The lowest BCUT2D eigenvalue weighted by atomic mass is 9.83. The summed E-state index contributed by atoms with van der Waals surface area (Å²) in [6.45, 7) is 4.31. The van der Waals surface area contributed by atoms with Crippen LogP contribution in [-0.4, -0.2) is 26.0 Å². The molecule has 0 aliphatic carbocycles. The van der Waals surface area contributed by atoms with Gasteiger partial charge in [0.25, 0.3) is 0 Å². The molecule has 1 saturated heterocycles. The molecule has 4 heteroatoms. The van der Waals surface area contributed by atoms with E-state index in [1.54, 1.807) is 13.2 Å². The molecule has 2 aliphatic heterocycles. The number of hydrogen-bond donors (Lipinski definition) is 0. The Balaban J connectivity index is 1.55. The van der Waals surface area contributed by atoms with Crippen molar-refractivity contribution in [1.29, 1.82) is 0 Å². The number of allylic oxidation sites excluding steroid dienone is 1. The predicted octanol–water partition coefficient (Wildman–Crippen LogP) is 4.02. The average molecular weight is 349 g/mol. The summed E-state index contributed by atoms with van der Waals surface area (Å²) >= 11 is 0. The van der Waals surface area contributed by atoms with Gasteiger partial charge in [-0.25, -0.2) is 0 Å². The van der Waals surface area contributed by atoms with Gasteiger partial charge in [-0.2, -0.15) is 0 Å². The minimum absolute atomic E-state index is 0.0218. The number of hydrogen-bond acceptors (Lipinski definition) is 4. The minimum atomic E-state index is -0.399. The highest BCUT2D eigenvalue weighted by Gasteiger charge is 2.46. The molecule has 2 unspecified atom stereocenters. The van der Waals surface area contributed by atoms with Crippen molar-refractivity contribution in [1.82, 2.24) is 0 Å². The summed E-state index contributed by atoms with van der Waals surface area (Å²) in [6, 6.07) is 16.0. The smallest absolute Gasteiger partial charge is 0.189 e. The maximum absolute atomic E-state index is 12.8. The quantitative estimate of drug-likeness (QED) is 0.618. The molecule has 134 valence electrons. The fourth-order valence-corrected chi connectivity index (χ4v) is 3.85. The third-order valence-electron chi connectivity index (χ3n) is 5.44. The third kappa shape index (κ3) is 2.61. The topological polar surface area (TPSA) is 42.1 Å². The molecule has 26 heavy (non-hydrogen) atoms. The molecule has 0 spiro atoms. The molecular weight excluding hydrogens is 326 g/mol. The Morgan fingerprint density at radius 2 is 1.85 bits per heavy atom. The van der Waals surface area contributed by atoms with Gasteiger partial charge in [-0.05, 0) is 29.3 Å². The van der Waals surface area contributed by atoms with Crippen molar-refractivity contribution in [3.8, 4) is 5.75 Å². The van der Waals surface area contributed by atoms with Crippen LogP contribution in [0.1, 0.15) is 31.1 Å². The molecule has 0 amide bonds. The maximum atomic E-state index is 12.8. The standard InChI is InChI=1S/C22H23NO3/c1-22(2)16-7-5-6-8-17(16)23(3)19(22)13-18(24)21-20(26-21)14-9-11-15(25-4)12-10-14/h5-13,20-21H,1-4H3/b19-13+. The molecule has 2 aromatic carbocycles. The first-order valence-corrected chi connectivity index (χ1v) is 8.82. The molecule has 4 nitrogen and oxygen atoms in total. The van der Waals surface area contributed by atoms with Crippen LogP contribution in [0.25, 0.3) is 0 Å². The number of anilines is 1. The number of epoxide rings is 1. The highest BCUT2D eigenvalue weighted by atomic mass is 16.6. The maximum Gasteiger partial charge on any atom is 0.189 e. The van der Waals surface area contributed by atoms with E-state index in [0.29, 0.717) is 0 Å². The fraction of sp³-hybridized carbons (Fsp3) is 0.318. The van der Waals surface area contributed by atoms with Crippen molar-refractivity contribution >= 4 is 11.5 Å². The Kier molecular flexibility index (Phi) is 3.88. The first kappa shape index (κ1) is 16.9. The van der Waals surface area contributed by atoms with Crippen molar-refractivity contribution < 1.29 is 14.3 Å². The van der Waals surface area contributed by atoms with Crippen molar-refractivity contribution in [2.45, 2.75) is 31.5 Å². The largest absolute Gasteiger partial charge is 0.497 e. The molecule has 0 bridgehead atoms. The van der Waals surface area contributed by atoms with Crippen molar-refractivity contribution in [2.24, 2.45) is 0 Å². The van der Waals surface area contributed by atoms with Crippen LogP contribution < -0.4 is 9.64 Å². The van der Waals surface area contributed by atoms with E-state index in [1.165, 1.54) is 5.56 Å². The van der Waals surface area contributed by atoms with Gasteiger partial charge in [-0.3, -0.25) is 4.79 Å². The van der Waals surface area contributed by atoms with Gasteiger partial charge >= 0.3 is 0 Å². The zero-order chi connectivity index (χ0) is 18.5. The van der Waals surface area contributed by atoms with Crippen LogP contribution in [0.4, 0.5) is 5.69 Å². The Bertz CT molecular complexity index is 883. The number of rotatable bonds is 4. The van der Waals surface area contributed by atoms with Gasteiger partial charge in [-0.1, -0.05) is 44.2 Å². The molecule has 2 aliphatic rings. The van der Waals surface area contributed by atoms with Gasteiger partial charge < -0.3 is 14.4 Å². The number of carbonyl (C=O) groups excluding carboxylic acids is 1. The molecule has 0 aromatic heterocycles. The number of ether oxygens (including phenoxy) is 2. The van der Waals surface area contributed by atoms with E-state index >= 15 is 0 Å². The normalized spacial score (nSPS) is 24.5. The van der Waals surface area contributed by atoms with Crippen LogP contribution >= 0.6 is 0 Å². The highest BCUT2D eigenvalue weighted by Crippen LogP contribution is 2.47. The Morgan fingerprint density at radius 1 is 1.15 bits per heavy atom. The summed E-state index contributed by atoms with van der Waals surface area (Å²) in [5.41, 5.74) is 4.20. The summed E-state index contributed by atoms with van der Waals surface area (Å²) in [7, 11) is 3.65. The summed E-state index contributed by atoms with van der Waals surface area (Å²) in [6.07, 6.45) is 1.19. The summed E-state index contributed by atoms with van der Waals surface area (Å²) in [5, 5.41) is 0. The van der Waals surface area contributed by atoms with Crippen LogP contribution in [0.3, 0.4) is 0 Å². The lowest BCUT2D eigenvalue weighted by Gasteiger charge is -2.23. The zero-order valence-electron chi connectivity index (χ0n) is 15.5. The van der Waals surface area contributed by atoms with Gasteiger partial charge in [0.05, 0.1) is 7.11 Å². The highest BCUT2D eigenvalue weighted by molar-refractivity contribution is 5.98. The average Bonchev–Trinajstić information content (AvgIpc) is 3.43. The molecule has 1 fully saturated rings. The van der Waals surface area contributed by atoms with Crippen LogP contribution in [0, 0.1) is 0 Å². The number of nitrogens with zero attached hydrogens (tertiary/aromatic N) is 1. The first-order valence-electron chi connectivity index (χ1n) is 8.82. The van der Waals surface area contributed by atoms with Crippen molar-refractivity contribution in [3.05, 3.63) is 71.4 Å². The number of methoxy groups -OCH3 is 1. The lowest BCUT2D eigenvalue weighted by molar-refractivity contribution is -0.115. The van der Waals surface area contributed by atoms with Gasteiger partial charge in [-0.15, -0.1) is 0 Å². The van der Waals surface area contributed by atoms with Gasteiger partial charge in [0, 0.05) is 29.9 Å². The number of para-hydroxylation sites is 1. The first-order chi connectivity index (χ1) is 12.4. The Hall–Kier alpha value is -2.59. The molecule has 4 rings (SSSR count). The SMILES string of the molecule is COc1ccc(C2OC2C(=O)/C=C2/N(C)c3ccccc3C2(C)C)cc1. The summed E-state index contributed by atoms with van der Waals surface area (Å²) in [5.74, 6) is 0.819. The predicted molar refractivity (Wildman–Crippen MR) is 102 cm³/mol. The number of carbonyl (C=O) groups is 1. The van der Waals surface area contributed by atoms with Crippen molar-refractivity contribution in [3.63, 3.8) is 0 Å². The van der Waals surface area contributed by atoms with Crippen LogP contribution in [0.5, 0.6) is 5.75 Å². The molecule has 0 saturated carbocycles. The number of ketones is 1. The van der Waals surface area contributed by atoms with Gasteiger partial charge in [0.2, 0.25) is 0 Å². The molecule has 0 radical (unpaired) electrons. The van der Waals surface area contributed by atoms with Crippen LogP contribution in [-0.2, 0) is 14.9 Å². The van der Waals surface area contributed by atoms with E-state index in [1.807, 2.05) is 43.4 Å². The molecule has 2 aromatic rings. The molecular formula is C22H23NO3. The van der Waals surface area contributed by atoms with E-state index in [-0.39, 0.29) is 17.3 Å². The van der Waals surface area contributed by atoms with E-state index in [2.05, 4.69) is 30.9 Å². The van der Waals surface area contributed by atoms with Crippen LogP contribution in [0.2, 0.25) is 0 Å². The third-order valence-corrected chi connectivity index (χ3v) is 5.44. The Morgan fingerprint density at radius 3 is 2.50 bits per heavy atom. The van der Waals surface area contributed by atoms with E-state index in [9.17, 15) is 4.79 Å². The molecule has 0 N–H and O–H groups in total.